The average Bonchev–Trinajstić information content (AvgIpc) is 3.27. The van der Waals surface area contributed by atoms with Crippen molar-refractivity contribution in [2.75, 3.05) is 52.5 Å². The van der Waals surface area contributed by atoms with E-state index in [1.807, 2.05) is 18.4 Å². The molecule has 3 amide bonds. The normalized spacial score (nSPS) is 14.0. The lowest BCUT2D eigenvalue weighted by Crippen LogP contribution is -2.50. The molecule has 1 aliphatic rings. The van der Waals surface area contributed by atoms with Crippen molar-refractivity contribution in [1.29, 1.82) is 0 Å². The third-order valence-electron chi connectivity index (χ3n) is 6.15. The number of unbranched alkanes of at least 4 members (excludes halogenated alkanes) is 1. The molecule has 2 aromatic rings. The summed E-state index contributed by atoms with van der Waals surface area (Å²) in [5.74, 6) is -0.437. The van der Waals surface area contributed by atoms with E-state index in [2.05, 4.69) is 17.1 Å². The largest absolute Gasteiger partial charge is 0.379 e. The molecule has 0 saturated carbocycles. The number of nitrogens with zero attached hydrogens (tertiary/aromatic N) is 3. The molecule has 1 fully saturated rings. The first-order valence-corrected chi connectivity index (χ1v) is 13.2. The molecule has 0 aliphatic carbocycles. The number of urea groups is 1. The van der Waals surface area contributed by atoms with E-state index in [0.29, 0.717) is 45.9 Å². The predicted molar refractivity (Wildman–Crippen MR) is 137 cm³/mol. The maximum atomic E-state index is 13.5. The first-order valence-electron chi connectivity index (χ1n) is 12.3. The quantitative estimate of drug-likeness (QED) is 0.446. The molecule has 1 aromatic heterocycles. The van der Waals surface area contributed by atoms with Gasteiger partial charge in [0.15, 0.2) is 0 Å². The van der Waals surface area contributed by atoms with Crippen molar-refractivity contribution in [3.8, 4) is 0 Å². The summed E-state index contributed by atoms with van der Waals surface area (Å²) in [4.78, 5) is 33.3. The molecule has 9 heteroatoms. The fourth-order valence-electron chi connectivity index (χ4n) is 3.87. The number of hydrogen-bond donors (Lipinski definition) is 1. The molecule has 1 saturated heterocycles. The minimum absolute atomic E-state index is 0.00604. The van der Waals surface area contributed by atoms with Gasteiger partial charge in [-0.25, -0.2) is 9.18 Å². The van der Waals surface area contributed by atoms with Crippen molar-refractivity contribution in [3.63, 3.8) is 0 Å². The lowest BCUT2D eigenvalue weighted by atomic mass is 10.2. The summed E-state index contributed by atoms with van der Waals surface area (Å²) in [6.45, 7) is 9.68. The number of rotatable bonds is 12. The number of benzene rings is 1. The molecule has 7 nitrogen and oxygen atoms in total. The van der Waals surface area contributed by atoms with Crippen LogP contribution in [0.5, 0.6) is 0 Å². The van der Waals surface area contributed by atoms with Crippen LogP contribution < -0.4 is 5.32 Å². The molecule has 2 heterocycles. The highest BCUT2D eigenvalue weighted by Gasteiger charge is 2.23. The zero-order chi connectivity index (χ0) is 25.0. The van der Waals surface area contributed by atoms with Gasteiger partial charge in [0.05, 0.1) is 19.8 Å². The summed E-state index contributed by atoms with van der Waals surface area (Å²) in [7, 11) is 0. The van der Waals surface area contributed by atoms with Crippen LogP contribution in [0.3, 0.4) is 0 Å². The number of morpholine rings is 1. The van der Waals surface area contributed by atoms with Crippen molar-refractivity contribution < 1.29 is 18.7 Å². The Kier molecular flexibility index (Phi) is 11.0. The summed E-state index contributed by atoms with van der Waals surface area (Å²) < 4.78 is 18.8. The lowest BCUT2D eigenvalue weighted by Gasteiger charge is -2.31. The van der Waals surface area contributed by atoms with Gasteiger partial charge in [-0.15, -0.1) is 11.3 Å². The van der Waals surface area contributed by atoms with Crippen LogP contribution in [0.4, 0.5) is 9.18 Å². The molecular formula is C26H37FN4O3S. The Morgan fingerprint density at radius 1 is 1.11 bits per heavy atom. The van der Waals surface area contributed by atoms with E-state index in [4.69, 9.17) is 4.74 Å². The van der Waals surface area contributed by atoms with E-state index < -0.39 is 0 Å². The van der Waals surface area contributed by atoms with E-state index in [0.717, 1.165) is 41.9 Å². The predicted octanol–water partition coefficient (Wildman–Crippen LogP) is 3.87. The van der Waals surface area contributed by atoms with Crippen LogP contribution in [0.1, 0.15) is 35.8 Å². The second kappa shape index (κ2) is 14.2. The number of nitrogens with one attached hydrogen (secondary N) is 1. The molecule has 0 bridgehead atoms. The number of amides is 3. The van der Waals surface area contributed by atoms with Crippen LogP contribution in [0.15, 0.2) is 35.7 Å². The van der Waals surface area contributed by atoms with E-state index in [-0.39, 0.29) is 24.3 Å². The summed E-state index contributed by atoms with van der Waals surface area (Å²) >= 11 is 1.61. The smallest absolute Gasteiger partial charge is 0.317 e. The van der Waals surface area contributed by atoms with Crippen LogP contribution in [-0.4, -0.2) is 79.1 Å². The summed E-state index contributed by atoms with van der Waals surface area (Å²) in [5, 5.41) is 4.97. The van der Waals surface area contributed by atoms with Crippen molar-refractivity contribution in [3.05, 3.63) is 57.5 Å². The Morgan fingerprint density at radius 3 is 2.51 bits per heavy atom. The molecule has 192 valence electrons. The molecule has 0 spiro atoms. The highest BCUT2D eigenvalue weighted by molar-refractivity contribution is 7.10. The molecular weight excluding hydrogens is 467 g/mol. The first kappa shape index (κ1) is 27.1. The zero-order valence-corrected chi connectivity index (χ0v) is 21.6. The highest BCUT2D eigenvalue weighted by atomic mass is 32.1. The maximum absolute atomic E-state index is 13.5. The Bertz CT molecular complexity index is 931. The Labute approximate surface area is 211 Å². The topological polar surface area (TPSA) is 65.1 Å². The van der Waals surface area contributed by atoms with Gasteiger partial charge in [-0.1, -0.05) is 25.5 Å². The first-order chi connectivity index (χ1) is 17.0. The minimum atomic E-state index is -0.307. The number of carbonyl (C=O) groups excluding carboxylic acids is 2. The van der Waals surface area contributed by atoms with Crippen LogP contribution in [-0.2, 0) is 22.6 Å². The standard InChI is InChI=1S/C26H37FN4O3S/c1-3-4-10-28-26(33)30(12-11-29-13-15-34-16-14-29)20-25(32)31(19-24-21(2)9-17-35-24)18-22-5-7-23(27)8-6-22/h5-9,17H,3-4,10-16,18-20H2,1-2H3,(H,28,33). The van der Waals surface area contributed by atoms with Gasteiger partial charge >= 0.3 is 6.03 Å². The maximum Gasteiger partial charge on any atom is 0.317 e. The second-order valence-corrected chi connectivity index (χ2v) is 9.86. The number of aryl methyl sites for hydroxylation is 1. The number of hydrogen-bond acceptors (Lipinski definition) is 5. The number of halogens is 1. The van der Waals surface area contributed by atoms with E-state index >= 15 is 0 Å². The lowest BCUT2D eigenvalue weighted by molar-refractivity contribution is -0.133. The molecule has 0 unspecified atom stereocenters. The van der Waals surface area contributed by atoms with E-state index in [1.54, 1.807) is 33.3 Å². The molecule has 1 aromatic carbocycles. The fourth-order valence-corrected chi connectivity index (χ4v) is 4.79. The van der Waals surface area contributed by atoms with Gasteiger partial charge in [-0.2, -0.15) is 0 Å². The Balaban J connectivity index is 1.71. The Morgan fingerprint density at radius 2 is 1.86 bits per heavy atom. The van der Waals surface area contributed by atoms with Crippen LogP contribution >= 0.6 is 11.3 Å². The van der Waals surface area contributed by atoms with E-state index in [1.165, 1.54) is 12.1 Å². The van der Waals surface area contributed by atoms with Crippen molar-refractivity contribution in [1.82, 2.24) is 20.0 Å². The van der Waals surface area contributed by atoms with Crippen molar-refractivity contribution in [2.45, 2.75) is 39.8 Å². The summed E-state index contributed by atoms with van der Waals surface area (Å²) in [5.41, 5.74) is 1.98. The van der Waals surface area contributed by atoms with Crippen molar-refractivity contribution in [2.24, 2.45) is 0 Å². The summed E-state index contributed by atoms with van der Waals surface area (Å²) in [6.07, 6.45) is 1.88. The zero-order valence-electron chi connectivity index (χ0n) is 20.8. The van der Waals surface area contributed by atoms with Crippen molar-refractivity contribution >= 4 is 23.3 Å². The fraction of sp³-hybridized carbons (Fsp3) is 0.538. The molecule has 0 radical (unpaired) electrons. The van der Waals surface area contributed by atoms with Gasteiger partial charge in [-0.3, -0.25) is 9.69 Å². The molecule has 3 rings (SSSR count). The van der Waals surface area contributed by atoms with Gasteiger partial charge in [-0.05, 0) is 48.1 Å². The average molecular weight is 505 g/mol. The molecule has 1 N–H and O–H groups in total. The Hall–Kier alpha value is -2.49. The highest BCUT2D eigenvalue weighted by Crippen LogP contribution is 2.20. The third-order valence-corrected chi connectivity index (χ3v) is 7.16. The second-order valence-electron chi connectivity index (χ2n) is 8.86. The number of ether oxygens (including phenoxy) is 1. The number of thiophene rings is 1. The summed E-state index contributed by atoms with van der Waals surface area (Å²) in [6, 6.07) is 8.04. The molecule has 1 aliphatic heterocycles. The number of carbonyl (C=O) groups is 2. The van der Waals surface area contributed by atoms with Gasteiger partial charge in [0.1, 0.15) is 12.4 Å². The third kappa shape index (κ3) is 8.91. The molecule has 0 atom stereocenters. The molecule has 35 heavy (non-hydrogen) atoms. The van der Waals surface area contributed by atoms with Crippen LogP contribution in [0.2, 0.25) is 0 Å². The minimum Gasteiger partial charge on any atom is -0.379 e. The van der Waals surface area contributed by atoms with Crippen LogP contribution in [0, 0.1) is 12.7 Å². The van der Waals surface area contributed by atoms with Gasteiger partial charge in [0, 0.05) is 44.1 Å². The monoisotopic (exact) mass is 504 g/mol. The van der Waals surface area contributed by atoms with Crippen LogP contribution in [0.25, 0.3) is 0 Å². The van der Waals surface area contributed by atoms with Gasteiger partial charge in [0.25, 0.3) is 0 Å². The SMILES string of the molecule is CCCCNC(=O)N(CCN1CCOCC1)CC(=O)N(Cc1ccc(F)cc1)Cc1sccc1C. The van der Waals surface area contributed by atoms with Gasteiger partial charge in [0.2, 0.25) is 5.91 Å². The van der Waals surface area contributed by atoms with E-state index in [9.17, 15) is 14.0 Å². The van der Waals surface area contributed by atoms with Gasteiger partial charge < -0.3 is 19.9 Å².